The topological polar surface area (TPSA) is 55.4 Å². The molecule has 128 valence electrons. The van der Waals surface area contributed by atoms with E-state index in [1.54, 1.807) is 36.4 Å². The average Bonchev–Trinajstić information content (AvgIpc) is 2.54. The fourth-order valence-electron chi connectivity index (χ4n) is 2.66. The van der Waals surface area contributed by atoms with Crippen molar-refractivity contribution in [2.45, 2.75) is 25.9 Å². The second kappa shape index (κ2) is 6.51. The summed E-state index contributed by atoms with van der Waals surface area (Å²) >= 11 is 0. The van der Waals surface area contributed by atoms with E-state index in [1.807, 2.05) is 13.8 Å². The molecule has 0 atom stereocenters. The summed E-state index contributed by atoms with van der Waals surface area (Å²) < 4.78 is 18.6. The van der Waals surface area contributed by atoms with Crippen LogP contribution >= 0.6 is 0 Å². The van der Waals surface area contributed by atoms with Crippen LogP contribution in [0.3, 0.4) is 0 Å². The Morgan fingerprint density at radius 1 is 1.20 bits per heavy atom. The van der Waals surface area contributed by atoms with E-state index in [9.17, 15) is 14.0 Å². The monoisotopic (exact) mass is 339 g/mol. The van der Waals surface area contributed by atoms with Gasteiger partial charge in [0.25, 0.3) is 0 Å². The minimum atomic E-state index is -0.521. The van der Waals surface area contributed by atoms with E-state index >= 15 is 0 Å². The molecule has 1 aliphatic rings. The number of benzene rings is 2. The minimum Gasteiger partial charge on any atom is -0.487 e. The molecule has 0 aliphatic carbocycles. The highest BCUT2D eigenvalue weighted by Crippen LogP contribution is 2.34. The first kappa shape index (κ1) is 16.9. The number of rotatable bonds is 3. The molecule has 4 nitrogen and oxygen atoms in total. The molecule has 0 unspecified atom stereocenters. The Labute approximate surface area is 145 Å². The largest absolute Gasteiger partial charge is 0.487 e. The molecule has 0 saturated heterocycles. The quantitative estimate of drug-likeness (QED) is 0.852. The molecule has 0 bridgehead atoms. The molecular weight excluding hydrogens is 321 g/mol. The normalized spacial score (nSPS) is 15.6. The van der Waals surface area contributed by atoms with Gasteiger partial charge in [-0.25, -0.2) is 4.39 Å². The van der Waals surface area contributed by atoms with Crippen molar-refractivity contribution in [3.8, 4) is 5.75 Å². The lowest BCUT2D eigenvalue weighted by Gasteiger charge is -2.31. The van der Waals surface area contributed by atoms with Gasteiger partial charge in [-0.05, 0) is 55.8 Å². The molecule has 5 heteroatoms. The van der Waals surface area contributed by atoms with E-state index in [-0.39, 0.29) is 17.5 Å². The number of ketones is 1. The Morgan fingerprint density at radius 2 is 1.92 bits per heavy atom. The first-order valence-electron chi connectivity index (χ1n) is 7.93. The van der Waals surface area contributed by atoms with Crippen LogP contribution in [0.4, 0.5) is 10.1 Å². The Hall–Kier alpha value is -2.95. The van der Waals surface area contributed by atoms with E-state index in [2.05, 4.69) is 5.32 Å². The fourth-order valence-corrected chi connectivity index (χ4v) is 2.66. The molecule has 2 aromatic rings. The number of nitrogens with one attached hydrogen (secondary N) is 1. The third-order valence-electron chi connectivity index (χ3n) is 3.82. The number of halogens is 1. The van der Waals surface area contributed by atoms with Crippen LogP contribution < -0.4 is 10.1 Å². The standard InChI is InChI=1S/C20H18FNO3/c1-20(2)12-17(23)16-11-15(8-9-18(16)25-20)22-19(24)10-5-13-3-6-14(21)7-4-13/h3-11H,12H2,1-2H3,(H,22,24)/b10-5+. The van der Waals surface area contributed by atoms with Crippen LogP contribution in [-0.2, 0) is 4.79 Å². The maximum atomic E-state index is 12.8. The van der Waals surface area contributed by atoms with Crippen LogP contribution in [0.15, 0.2) is 48.5 Å². The van der Waals surface area contributed by atoms with Crippen molar-refractivity contribution >= 4 is 23.5 Å². The summed E-state index contributed by atoms with van der Waals surface area (Å²) in [5.41, 5.74) is 1.18. The van der Waals surface area contributed by atoms with Crippen molar-refractivity contribution in [3.63, 3.8) is 0 Å². The highest BCUT2D eigenvalue weighted by molar-refractivity contribution is 6.04. The van der Waals surface area contributed by atoms with Gasteiger partial charge in [0, 0.05) is 11.8 Å². The Kier molecular flexibility index (Phi) is 4.40. The number of hydrogen-bond donors (Lipinski definition) is 1. The summed E-state index contributed by atoms with van der Waals surface area (Å²) in [6.07, 6.45) is 3.24. The molecule has 3 rings (SSSR count). The Bertz CT molecular complexity index is 854. The van der Waals surface area contributed by atoms with Gasteiger partial charge in [-0.15, -0.1) is 0 Å². The van der Waals surface area contributed by atoms with Crippen LogP contribution in [0.5, 0.6) is 5.75 Å². The molecule has 2 aromatic carbocycles. The summed E-state index contributed by atoms with van der Waals surface area (Å²) in [6.45, 7) is 3.73. The SMILES string of the molecule is CC1(C)CC(=O)c2cc(NC(=O)/C=C/c3ccc(F)cc3)ccc2O1. The van der Waals surface area contributed by atoms with E-state index in [4.69, 9.17) is 4.74 Å². The number of hydrogen-bond acceptors (Lipinski definition) is 3. The highest BCUT2D eigenvalue weighted by atomic mass is 19.1. The fraction of sp³-hybridized carbons (Fsp3) is 0.200. The number of fused-ring (bicyclic) bond motifs is 1. The summed E-state index contributed by atoms with van der Waals surface area (Å²) in [7, 11) is 0. The molecule has 1 N–H and O–H groups in total. The lowest BCUT2D eigenvalue weighted by Crippen LogP contribution is -2.35. The zero-order valence-electron chi connectivity index (χ0n) is 14.0. The number of ether oxygens (including phenoxy) is 1. The third kappa shape index (κ3) is 4.12. The van der Waals surface area contributed by atoms with Crippen molar-refractivity contribution in [2.75, 3.05) is 5.32 Å². The number of amides is 1. The molecule has 1 heterocycles. The van der Waals surface area contributed by atoms with Crippen LogP contribution in [-0.4, -0.2) is 17.3 Å². The zero-order valence-corrected chi connectivity index (χ0v) is 14.0. The molecule has 0 aromatic heterocycles. The summed E-state index contributed by atoms with van der Waals surface area (Å²) in [5.74, 6) is -0.148. The van der Waals surface area contributed by atoms with Gasteiger partial charge >= 0.3 is 0 Å². The van der Waals surface area contributed by atoms with Crippen molar-refractivity contribution in [2.24, 2.45) is 0 Å². The Balaban J connectivity index is 1.71. The molecule has 1 aliphatic heterocycles. The van der Waals surface area contributed by atoms with Gasteiger partial charge in [0.15, 0.2) is 5.78 Å². The van der Waals surface area contributed by atoms with Gasteiger partial charge in [-0.3, -0.25) is 9.59 Å². The number of Topliss-reactive ketones (excluding diaryl/α,β-unsaturated/α-hetero) is 1. The lowest BCUT2D eigenvalue weighted by atomic mass is 9.93. The first-order chi connectivity index (χ1) is 11.8. The van der Waals surface area contributed by atoms with Gasteiger partial charge in [0.05, 0.1) is 12.0 Å². The van der Waals surface area contributed by atoms with E-state index in [0.29, 0.717) is 29.0 Å². The van der Waals surface area contributed by atoms with Crippen LogP contribution in [0, 0.1) is 5.82 Å². The zero-order chi connectivity index (χ0) is 18.0. The van der Waals surface area contributed by atoms with Gasteiger partial charge in [-0.1, -0.05) is 12.1 Å². The summed E-state index contributed by atoms with van der Waals surface area (Å²) in [4.78, 5) is 24.3. The lowest BCUT2D eigenvalue weighted by molar-refractivity contribution is -0.111. The molecule has 0 radical (unpaired) electrons. The third-order valence-corrected chi connectivity index (χ3v) is 3.82. The van der Waals surface area contributed by atoms with Crippen molar-refractivity contribution < 1.29 is 18.7 Å². The second-order valence-electron chi connectivity index (χ2n) is 6.55. The van der Waals surface area contributed by atoms with E-state index < -0.39 is 5.60 Å². The molecule has 25 heavy (non-hydrogen) atoms. The van der Waals surface area contributed by atoms with Crippen LogP contribution in [0.25, 0.3) is 6.08 Å². The maximum Gasteiger partial charge on any atom is 0.248 e. The van der Waals surface area contributed by atoms with E-state index in [0.717, 1.165) is 0 Å². The highest BCUT2D eigenvalue weighted by Gasteiger charge is 2.32. The molecule has 0 spiro atoms. The van der Waals surface area contributed by atoms with Crippen LogP contribution in [0.1, 0.15) is 36.2 Å². The molecule has 0 saturated carbocycles. The average molecular weight is 339 g/mol. The summed E-state index contributed by atoms with van der Waals surface area (Å²) in [6, 6.07) is 10.8. The van der Waals surface area contributed by atoms with Crippen LogP contribution in [0.2, 0.25) is 0 Å². The van der Waals surface area contributed by atoms with Gasteiger partial charge in [-0.2, -0.15) is 0 Å². The Morgan fingerprint density at radius 3 is 2.64 bits per heavy atom. The van der Waals surface area contributed by atoms with Crippen molar-refractivity contribution in [1.82, 2.24) is 0 Å². The predicted molar refractivity (Wildman–Crippen MR) is 94.2 cm³/mol. The van der Waals surface area contributed by atoms with E-state index in [1.165, 1.54) is 18.2 Å². The number of anilines is 1. The predicted octanol–water partition coefficient (Wildman–Crippen LogP) is 4.22. The van der Waals surface area contributed by atoms with Gasteiger partial charge < -0.3 is 10.1 Å². The van der Waals surface area contributed by atoms with Crippen molar-refractivity contribution in [1.29, 1.82) is 0 Å². The number of carbonyl (C=O) groups excluding carboxylic acids is 2. The minimum absolute atomic E-state index is 0.01000. The maximum absolute atomic E-state index is 12.8. The molecule has 0 fully saturated rings. The van der Waals surface area contributed by atoms with Gasteiger partial charge in [0.1, 0.15) is 17.2 Å². The van der Waals surface area contributed by atoms with Crippen molar-refractivity contribution in [3.05, 3.63) is 65.5 Å². The number of carbonyl (C=O) groups is 2. The molecule has 1 amide bonds. The van der Waals surface area contributed by atoms with Gasteiger partial charge in [0.2, 0.25) is 5.91 Å². The first-order valence-corrected chi connectivity index (χ1v) is 7.93. The molecular formula is C20H18FNO3. The summed E-state index contributed by atoms with van der Waals surface area (Å²) in [5, 5.41) is 2.71. The second-order valence-corrected chi connectivity index (χ2v) is 6.55. The smallest absolute Gasteiger partial charge is 0.248 e.